The third-order valence-electron chi connectivity index (χ3n) is 3.10. The molecule has 2 aromatic carbocycles. The van der Waals surface area contributed by atoms with Crippen LogP contribution < -0.4 is 10.1 Å². The molecule has 0 aliphatic rings. The van der Waals surface area contributed by atoms with Gasteiger partial charge in [-0.25, -0.2) is 0 Å². The summed E-state index contributed by atoms with van der Waals surface area (Å²) in [6.07, 6.45) is 0. The summed E-state index contributed by atoms with van der Waals surface area (Å²) in [6.45, 7) is 4.80. The number of nitrogens with one attached hydrogen (secondary N) is 1. The molecule has 2 aromatic rings. The first-order chi connectivity index (χ1) is 10.1. The fourth-order valence-electron chi connectivity index (χ4n) is 1.91. The standard InChI is InChI=1S/C17H18ClNO2/c1-12-3-5-14(6-4-12)17(20)19-9-10-21-16-8-7-15(18)11-13(16)2/h3-8,11H,9-10H2,1-2H3,(H,19,20). The van der Waals surface area contributed by atoms with Gasteiger partial charge in [-0.15, -0.1) is 0 Å². The van der Waals surface area contributed by atoms with Crippen molar-refractivity contribution in [1.29, 1.82) is 0 Å². The van der Waals surface area contributed by atoms with Gasteiger partial charge >= 0.3 is 0 Å². The van der Waals surface area contributed by atoms with E-state index >= 15 is 0 Å². The van der Waals surface area contributed by atoms with Gasteiger partial charge in [0.25, 0.3) is 5.91 Å². The Morgan fingerprint density at radius 3 is 2.52 bits per heavy atom. The van der Waals surface area contributed by atoms with Crippen LogP contribution in [0.25, 0.3) is 0 Å². The summed E-state index contributed by atoms with van der Waals surface area (Å²) in [5.74, 6) is 0.690. The largest absolute Gasteiger partial charge is 0.491 e. The lowest BCUT2D eigenvalue weighted by Crippen LogP contribution is -2.28. The van der Waals surface area contributed by atoms with Gasteiger partial charge in [-0.05, 0) is 49.7 Å². The molecule has 0 atom stereocenters. The lowest BCUT2D eigenvalue weighted by atomic mass is 10.1. The van der Waals surface area contributed by atoms with Gasteiger partial charge in [-0.1, -0.05) is 29.3 Å². The fourth-order valence-corrected chi connectivity index (χ4v) is 2.13. The highest BCUT2D eigenvalue weighted by molar-refractivity contribution is 6.30. The van der Waals surface area contributed by atoms with E-state index in [0.29, 0.717) is 23.7 Å². The second kappa shape index (κ2) is 7.14. The van der Waals surface area contributed by atoms with E-state index in [0.717, 1.165) is 16.9 Å². The van der Waals surface area contributed by atoms with Crippen molar-refractivity contribution in [2.24, 2.45) is 0 Å². The van der Waals surface area contributed by atoms with E-state index in [-0.39, 0.29) is 5.91 Å². The molecule has 0 unspecified atom stereocenters. The van der Waals surface area contributed by atoms with Crippen LogP contribution in [-0.4, -0.2) is 19.1 Å². The van der Waals surface area contributed by atoms with Gasteiger partial charge in [0.05, 0.1) is 6.54 Å². The molecule has 0 bridgehead atoms. The topological polar surface area (TPSA) is 38.3 Å². The molecule has 2 rings (SSSR count). The van der Waals surface area contributed by atoms with Crippen molar-refractivity contribution in [3.8, 4) is 5.75 Å². The van der Waals surface area contributed by atoms with Crippen molar-refractivity contribution in [1.82, 2.24) is 5.32 Å². The number of carbonyl (C=O) groups is 1. The minimum absolute atomic E-state index is 0.0913. The van der Waals surface area contributed by atoms with E-state index < -0.39 is 0 Å². The molecule has 0 saturated carbocycles. The summed E-state index contributed by atoms with van der Waals surface area (Å²) in [7, 11) is 0. The minimum Gasteiger partial charge on any atom is -0.491 e. The van der Waals surface area contributed by atoms with Crippen LogP contribution in [0.4, 0.5) is 0 Å². The van der Waals surface area contributed by atoms with Gasteiger partial charge in [0.15, 0.2) is 0 Å². The molecule has 0 aromatic heterocycles. The third-order valence-corrected chi connectivity index (χ3v) is 3.33. The predicted molar refractivity (Wildman–Crippen MR) is 85.2 cm³/mol. The molecule has 0 aliphatic heterocycles. The van der Waals surface area contributed by atoms with Crippen LogP contribution in [0.2, 0.25) is 5.02 Å². The van der Waals surface area contributed by atoms with E-state index in [1.54, 1.807) is 6.07 Å². The SMILES string of the molecule is Cc1ccc(C(=O)NCCOc2ccc(Cl)cc2C)cc1. The first-order valence-electron chi connectivity index (χ1n) is 6.80. The Kier molecular flexibility index (Phi) is 5.23. The van der Waals surface area contributed by atoms with Gasteiger partial charge in [0.1, 0.15) is 12.4 Å². The number of hydrogen-bond donors (Lipinski definition) is 1. The molecule has 0 radical (unpaired) electrons. The number of carbonyl (C=O) groups excluding carboxylic acids is 1. The van der Waals surface area contributed by atoms with Gasteiger partial charge < -0.3 is 10.1 Å². The Bertz CT molecular complexity index is 623. The number of benzene rings is 2. The smallest absolute Gasteiger partial charge is 0.251 e. The zero-order valence-electron chi connectivity index (χ0n) is 12.2. The maximum Gasteiger partial charge on any atom is 0.251 e. The van der Waals surface area contributed by atoms with Gasteiger partial charge in [-0.3, -0.25) is 4.79 Å². The van der Waals surface area contributed by atoms with Crippen molar-refractivity contribution < 1.29 is 9.53 Å². The summed E-state index contributed by atoms with van der Waals surface area (Å²) in [6, 6.07) is 12.9. The summed E-state index contributed by atoms with van der Waals surface area (Å²) in [5.41, 5.74) is 2.77. The van der Waals surface area contributed by atoms with E-state index in [4.69, 9.17) is 16.3 Å². The Morgan fingerprint density at radius 2 is 1.86 bits per heavy atom. The Morgan fingerprint density at radius 1 is 1.14 bits per heavy atom. The zero-order chi connectivity index (χ0) is 15.2. The van der Waals surface area contributed by atoms with Crippen molar-refractivity contribution in [3.05, 3.63) is 64.2 Å². The summed E-state index contributed by atoms with van der Waals surface area (Å²) < 4.78 is 5.62. The second-order valence-corrected chi connectivity index (χ2v) is 5.32. The number of hydrogen-bond acceptors (Lipinski definition) is 2. The molecule has 21 heavy (non-hydrogen) atoms. The lowest BCUT2D eigenvalue weighted by molar-refractivity contribution is 0.0947. The predicted octanol–water partition coefficient (Wildman–Crippen LogP) is 3.77. The van der Waals surface area contributed by atoms with E-state index in [9.17, 15) is 4.79 Å². The van der Waals surface area contributed by atoms with Crippen LogP contribution >= 0.6 is 11.6 Å². The molecule has 0 fully saturated rings. The number of aryl methyl sites for hydroxylation is 2. The molecule has 0 saturated heterocycles. The highest BCUT2D eigenvalue weighted by atomic mass is 35.5. The van der Waals surface area contributed by atoms with Crippen molar-refractivity contribution in [3.63, 3.8) is 0 Å². The minimum atomic E-state index is -0.0913. The van der Waals surface area contributed by atoms with Crippen LogP contribution in [0.15, 0.2) is 42.5 Å². The highest BCUT2D eigenvalue weighted by Crippen LogP contribution is 2.21. The molecule has 0 spiro atoms. The second-order valence-electron chi connectivity index (χ2n) is 4.88. The summed E-state index contributed by atoms with van der Waals surface area (Å²) >= 11 is 5.89. The van der Waals surface area contributed by atoms with Crippen LogP contribution in [0.5, 0.6) is 5.75 Å². The average molecular weight is 304 g/mol. The maximum absolute atomic E-state index is 11.9. The summed E-state index contributed by atoms with van der Waals surface area (Å²) in [4.78, 5) is 11.9. The molecule has 0 heterocycles. The van der Waals surface area contributed by atoms with Crippen LogP contribution in [0.1, 0.15) is 21.5 Å². The quantitative estimate of drug-likeness (QED) is 0.854. The number of rotatable bonds is 5. The highest BCUT2D eigenvalue weighted by Gasteiger charge is 2.04. The maximum atomic E-state index is 11.9. The van der Waals surface area contributed by atoms with Crippen molar-refractivity contribution in [2.75, 3.05) is 13.2 Å². The molecule has 3 nitrogen and oxygen atoms in total. The van der Waals surface area contributed by atoms with Crippen molar-refractivity contribution in [2.45, 2.75) is 13.8 Å². The number of halogens is 1. The summed E-state index contributed by atoms with van der Waals surface area (Å²) in [5, 5.41) is 3.52. The van der Waals surface area contributed by atoms with Crippen LogP contribution in [0.3, 0.4) is 0 Å². The molecule has 110 valence electrons. The van der Waals surface area contributed by atoms with Gasteiger partial charge in [0.2, 0.25) is 0 Å². The monoisotopic (exact) mass is 303 g/mol. The van der Waals surface area contributed by atoms with E-state index in [1.807, 2.05) is 50.2 Å². The molecular weight excluding hydrogens is 286 g/mol. The molecule has 1 amide bonds. The number of ether oxygens (including phenoxy) is 1. The normalized spacial score (nSPS) is 10.2. The molecule has 1 N–H and O–H groups in total. The molecule has 0 aliphatic carbocycles. The van der Waals surface area contributed by atoms with Crippen LogP contribution in [-0.2, 0) is 0 Å². The van der Waals surface area contributed by atoms with Gasteiger partial charge in [-0.2, -0.15) is 0 Å². The Hall–Kier alpha value is -2.00. The zero-order valence-corrected chi connectivity index (χ0v) is 12.9. The number of amides is 1. The Balaban J connectivity index is 1.79. The van der Waals surface area contributed by atoms with Gasteiger partial charge in [0, 0.05) is 10.6 Å². The first kappa shape index (κ1) is 15.4. The lowest BCUT2D eigenvalue weighted by Gasteiger charge is -2.10. The fraction of sp³-hybridized carbons (Fsp3) is 0.235. The molecular formula is C17H18ClNO2. The van der Waals surface area contributed by atoms with Crippen molar-refractivity contribution >= 4 is 17.5 Å². The molecule has 4 heteroatoms. The third kappa shape index (κ3) is 4.50. The van der Waals surface area contributed by atoms with Crippen LogP contribution in [0, 0.1) is 13.8 Å². The van der Waals surface area contributed by atoms with E-state index in [2.05, 4.69) is 5.32 Å². The Labute approximate surface area is 129 Å². The van der Waals surface area contributed by atoms with E-state index in [1.165, 1.54) is 0 Å². The first-order valence-corrected chi connectivity index (χ1v) is 7.18. The average Bonchev–Trinajstić information content (AvgIpc) is 2.46.